The van der Waals surface area contributed by atoms with E-state index in [1.165, 1.54) is 0 Å². The molecule has 134 valence electrons. The van der Waals surface area contributed by atoms with Gasteiger partial charge in [0.15, 0.2) is 0 Å². The molecule has 0 atom stereocenters. The second kappa shape index (κ2) is 8.37. The Hall–Kier alpha value is -2.76. The van der Waals surface area contributed by atoms with Crippen LogP contribution in [0.25, 0.3) is 0 Å². The monoisotopic (exact) mass is 343 g/mol. The Morgan fingerprint density at radius 2 is 1.80 bits per heavy atom. The zero-order valence-corrected chi connectivity index (χ0v) is 15.1. The van der Waals surface area contributed by atoms with E-state index in [0.717, 1.165) is 11.5 Å². The molecule has 0 saturated carbocycles. The highest BCUT2D eigenvalue weighted by Gasteiger charge is 2.15. The predicted molar refractivity (Wildman–Crippen MR) is 98.4 cm³/mol. The molecule has 6 heteroatoms. The molecular weight excluding hydrogens is 318 g/mol. The van der Waals surface area contributed by atoms with E-state index >= 15 is 0 Å². The van der Waals surface area contributed by atoms with Gasteiger partial charge in [-0.15, -0.1) is 0 Å². The molecule has 6 nitrogen and oxygen atoms in total. The summed E-state index contributed by atoms with van der Waals surface area (Å²) in [6, 6.07) is 10.8. The summed E-state index contributed by atoms with van der Waals surface area (Å²) in [6.45, 7) is 6.89. The van der Waals surface area contributed by atoms with Gasteiger partial charge in [0.25, 0.3) is 5.91 Å². The lowest BCUT2D eigenvalue weighted by atomic mass is 10.1. The molecule has 0 aliphatic heterocycles. The largest absolute Gasteiger partial charge is 0.497 e. The summed E-state index contributed by atoms with van der Waals surface area (Å²) >= 11 is 0. The van der Waals surface area contributed by atoms with Crippen molar-refractivity contribution in [2.75, 3.05) is 25.6 Å². The zero-order valence-electron chi connectivity index (χ0n) is 15.1. The number of rotatable bonds is 7. The second-order valence-electron chi connectivity index (χ2n) is 6.58. The number of ether oxygens (including phenoxy) is 2. The van der Waals surface area contributed by atoms with Gasteiger partial charge in [0.2, 0.25) is 0 Å². The van der Waals surface area contributed by atoms with Gasteiger partial charge in [-0.25, -0.2) is 4.98 Å². The number of aromatic nitrogens is 1. The van der Waals surface area contributed by atoms with E-state index in [9.17, 15) is 4.79 Å². The first-order chi connectivity index (χ1) is 11.9. The molecule has 0 unspecified atom stereocenters. The van der Waals surface area contributed by atoms with Crippen LogP contribution < -0.4 is 20.1 Å². The van der Waals surface area contributed by atoms with Crippen LogP contribution in [0.1, 0.15) is 31.1 Å². The minimum Gasteiger partial charge on any atom is -0.497 e. The summed E-state index contributed by atoms with van der Waals surface area (Å²) in [4.78, 5) is 16.4. The van der Waals surface area contributed by atoms with E-state index < -0.39 is 0 Å². The van der Waals surface area contributed by atoms with E-state index in [-0.39, 0.29) is 11.4 Å². The zero-order chi connectivity index (χ0) is 18.3. The fourth-order valence-corrected chi connectivity index (χ4v) is 2.10. The Balaban J connectivity index is 1.82. The number of nitrogens with zero attached hydrogens (tertiary/aromatic N) is 1. The van der Waals surface area contributed by atoms with Crippen molar-refractivity contribution < 1.29 is 14.3 Å². The number of carbonyl (C=O) groups is 1. The first kappa shape index (κ1) is 18.6. The molecule has 2 aromatic rings. The van der Waals surface area contributed by atoms with Crippen LogP contribution in [-0.4, -0.2) is 36.7 Å². The summed E-state index contributed by atoms with van der Waals surface area (Å²) < 4.78 is 10.8. The van der Waals surface area contributed by atoms with Gasteiger partial charge in [-0.2, -0.15) is 0 Å². The molecular formula is C19H25N3O3. The molecule has 0 aliphatic rings. The smallest absolute Gasteiger partial charge is 0.251 e. The Kier molecular flexibility index (Phi) is 6.22. The summed E-state index contributed by atoms with van der Waals surface area (Å²) in [7, 11) is 1.63. The third kappa shape index (κ3) is 6.33. The Morgan fingerprint density at radius 1 is 1.12 bits per heavy atom. The molecule has 1 aromatic carbocycles. The van der Waals surface area contributed by atoms with Gasteiger partial charge in [0, 0.05) is 17.3 Å². The molecule has 0 spiro atoms. The SMILES string of the molecule is COc1ccc(OCCNc2cc(C(=O)NC(C)(C)C)ccn2)cc1. The van der Waals surface area contributed by atoms with Crippen LogP contribution in [0.15, 0.2) is 42.6 Å². The van der Waals surface area contributed by atoms with E-state index in [1.807, 2.05) is 45.0 Å². The van der Waals surface area contributed by atoms with Gasteiger partial charge in [-0.05, 0) is 57.2 Å². The highest BCUT2D eigenvalue weighted by molar-refractivity contribution is 5.95. The highest BCUT2D eigenvalue weighted by atomic mass is 16.5. The van der Waals surface area contributed by atoms with E-state index in [4.69, 9.17) is 9.47 Å². The molecule has 25 heavy (non-hydrogen) atoms. The van der Waals surface area contributed by atoms with Crippen molar-refractivity contribution in [3.8, 4) is 11.5 Å². The van der Waals surface area contributed by atoms with Gasteiger partial charge in [-0.3, -0.25) is 4.79 Å². The maximum absolute atomic E-state index is 12.2. The van der Waals surface area contributed by atoms with Crippen molar-refractivity contribution >= 4 is 11.7 Å². The minimum absolute atomic E-state index is 0.118. The lowest BCUT2D eigenvalue weighted by Crippen LogP contribution is -2.40. The summed E-state index contributed by atoms with van der Waals surface area (Å²) in [5, 5.41) is 6.09. The predicted octanol–water partition coefficient (Wildman–Crippen LogP) is 3.11. The van der Waals surface area contributed by atoms with Crippen molar-refractivity contribution in [1.82, 2.24) is 10.3 Å². The molecule has 2 N–H and O–H groups in total. The molecule has 0 bridgehead atoms. The quantitative estimate of drug-likeness (QED) is 0.756. The van der Waals surface area contributed by atoms with Gasteiger partial charge in [0.05, 0.1) is 13.7 Å². The number of amides is 1. The third-order valence-corrected chi connectivity index (χ3v) is 3.25. The number of carbonyl (C=O) groups excluding carboxylic acids is 1. The fourth-order valence-electron chi connectivity index (χ4n) is 2.10. The van der Waals surface area contributed by atoms with Gasteiger partial charge < -0.3 is 20.1 Å². The van der Waals surface area contributed by atoms with Crippen LogP contribution in [-0.2, 0) is 0 Å². The van der Waals surface area contributed by atoms with Crippen molar-refractivity contribution in [3.05, 3.63) is 48.2 Å². The Morgan fingerprint density at radius 3 is 2.44 bits per heavy atom. The topological polar surface area (TPSA) is 72.5 Å². The molecule has 1 heterocycles. The van der Waals surface area contributed by atoms with Crippen LogP contribution in [0.4, 0.5) is 5.82 Å². The number of anilines is 1. The normalized spacial score (nSPS) is 10.9. The van der Waals surface area contributed by atoms with Crippen LogP contribution in [0.2, 0.25) is 0 Å². The van der Waals surface area contributed by atoms with Crippen molar-refractivity contribution in [2.24, 2.45) is 0 Å². The molecule has 0 saturated heterocycles. The third-order valence-electron chi connectivity index (χ3n) is 3.25. The van der Waals surface area contributed by atoms with Gasteiger partial charge >= 0.3 is 0 Å². The number of hydrogen-bond donors (Lipinski definition) is 2. The fraction of sp³-hybridized carbons (Fsp3) is 0.368. The maximum Gasteiger partial charge on any atom is 0.251 e. The van der Waals surface area contributed by atoms with Crippen LogP contribution in [0.5, 0.6) is 11.5 Å². The number of pyridine rings is 1. The van der Waals surface area contributed by atoms with Crippen molar-refractivity contribution in [3.63, 3.8) is 0 Å². The molecule has 1 aromatic heterocycles. The van der Waals surface area contributed by atoms with E-state index in [2.05, 4.69) is 15.6 Å². The maximum atomic E-state index is 12.2. The molecule has 0 aliphatic carbocycles. The van der Waals surface area contributed by atoms with Crippen LogP contribution in [0, 0.1) is 0 Å². The highest BCUT2D eigenvalue weighted by Crippen LogP contribution is 2.16. The Labute approximate surface area is 148 Å². The summed E-state index contributed by atoms with van der Waals surface area (Å²) in [6.07, 6.45) is 1.62. The van der Waals surface area contributed by atoms with Crippen molar-refractivity contribution in [2.45, 2.75) is 26.3 Å². The number of methoxy groups -OCH3 is 1. The summed E-state index contributed by atoms with van der Waals surface area (Å²) in [5.41, 5.74) is 0.295. The molecule has 0 fully saturated rings. The lowest BCUT2D eigenvalue weighted by Gasteiger charge is -2.20. The first-order valence-electron chi connectivity index (χ1n) is 8.17. The average Bonchev–Trinajstić information content (AvgIpc) is 2.58. The standard InChI is InChI=1S/C19H25N3O3/c1-19(2,3)22-18(23)14-9-10-20-17(13-14)21-11-12-25-16-7-5-15(24-4)6-8-16/h5-10,13H,11-12H2,1-4H3,(H,20,21)(H,22,23). The number of benzene rings is 1. The molecule has 2 rings (SSSR count). The lowest BCUT2D eigenvalue weighted by molar-refractivity contribution is 0.0919. The van der Waals surface area contributed by atoms with Gasteiger partial charge in [0.1, 0.15) is 23.9 Å². The second-order valence-corrected chi connectivity index (χ2v) is 6.58. The molecule has 1 amide bonds. The van der Waals surface area contributed by atoms with Crippen molar-refractivity contribution in [1.29, 1.82) is 0 Å². The van der Waals surface area contributed by atoms with Gasteiger partial charge in [-0.1, -0.05) is 0 Å². The molecule has 0 radical (unpaired) electrons. The van der Waals surface area contributed by atoms with Crippen LogP contribution >= 0.6 is 0 Å². The Bertz CT molecular complexity index is 694. The number of hydrogen-bond acceptors (Lipinski definition) is 5. The minimum atomic E-state index is -0.278. The van der Waals surface area contributed by atoms with E-state index in [1.54, 1.807) is 25.4 Å². The number of nitrogens with one attached hydrogen (secondary N) is 2. The summed E-state index contributed by atoms with van der Waals surface area (Å²) in [5.74, 6) is 2.08. The first-order valence-corrected chi connectivity index (χ1v) is 8.17. The van der Waals surface area contributed by atoms with E-state index in [0.29, 0.717) is 24.5 Å². The van der Waals surface area contributed by atoms with Crippen LogP contribution in [0.3, 0.4) is 0 Å². The average molecular weight is 343 g/mol.